The molecule has 156 valence electrons. The molecule has 1 saturated heterocycles. The third kappa shape index (κ3) is 3.98. The Balaban J connectivity index is 1.41. The van der Waals surface area contributed by atoms with Crippen LogP contribution in [0.15, 0.2) is 42.6 Å². The van der Waals surface area contributed by atoms with Gasteiger partial charge in [0.1, 0.15) is 17.2 Å². The van der Waals surface area contributed by atoms with E-state index in [0.717, 1.165) is 28.9 Å². The highest BCUT2D eigenvalue weighted by Gasteiger charge is 2.22. The van der Waals surface area contributed by atoms with Gasteiger partial charge in [-0.1, -0.05) is 12.1 Å². The number of carbonyl (C=O) groups excluding carboxylic acids is 1. The van der Waals surface area contributed by atoms with Gasteiger partial charge >= 0.3 is 0 Å². The quantitative estimate of drug-likeness (QED) is 0.709. The van der Waals surface area contributed by atoms with E-state index in [0.29, 0.717) is 38.4 Å². The summed E-state index contributed by atoms with van der Waals surface area (Å²) in [5.41, 5.74) is 3.71. The highest BCUT2D eigenvalue weighted by Crippen LogP contribution is 2.30. The zero-order valence-electron chi connectivity index (χ0n) is 17.1. The van der Waals surface area contributed by atoms with Gasteiger partial charge < -0.3 is 10.2 Å². The normalized spacial score (nSPS) is 14.9. The smallest absolute Gasteiger partial charge is 0.238 e. The van der Waals surface area contributed by atoms with Crippen molar-refractivity contribution < 1.29 is 13.6 Å². The van der Waals surface area contributed by atoms with Gasteiger partial charge in [0.05, 0.1) is 17.6 Å². The molecule has 1 aromatic heterocycles. The van der Waals surface area contributed by atoms with Crippen molar-refractivity contribution >= 4 is 28.2 Å². The number of hydrogen-bond acceptors (Lipinski definition) is 4. The van der Waals surface area contributed by atoms with Crippen molar-refractivity contribution in [3.8, 4) is 0 Å². The predicted molar refractivity (Wildman–Crippen MR) is 115 cm³/mol. The number of rotatable bonds is 4. The average Bonchev–Trinajstić information content (AvgIpc) is 2.74. The lowest BCUT2D eigenvalue weighted by Crippen LogP contribution is -2.48. The van der Waals surface area contributed by atoms with Crippen LogP contribution < -0.4 is 10.2 Å². The van der Waals surface area contributed by atoms with E-state index in [-0.39, 0.29) is 16.8 Å². The van der Waals surface area contributed by atoms with Crippen molar-refractivity contribution in [2.45, 2.75) is 13.8 Å². The first kappa shape index (κ1) is 20.2. The van der Waals surface area contributed by atoms with E-state index < -0.39 is 11.6 Å². The maximum absolute atomic E-state index is 14.4. The fourth-order valence-electron chi connectivity index (χ4n) is 3.87. The van der Waals surface area contributed by atoms with Crippen LogP contribution in [-0.2, 0) is 4.79 Å². The fraction of sp³-hybridized carbons (Fsp3) is 0.304. The summed E-state index contributed by atoms with van der Waals surface area (Å²) in [6, 6.07) is 9.80. The molecule has 4 rings (SSSR count). The molecular weight excluding hydrogens is 386 g/mol. The topological polar surface area (TPSA) is 48.5 Å². The average molecular weight is 410 g/mol. The van der Waals surface area contributed by atoms with E-state index in [1.165, 1.54) is 6.20 Å². The number of piperazine rings is 1. The Bertz CT molecular complexity index is 1090. The van der Waals surface area contributed by atoms with Crippen LogP contribution in [0, 0.1) is 25.5 Å². The molecule has 3 aromatic rings. The molecule has 1 fully saturated rings. The van der Waals surface area contributed by atoms with Crippen LogP contribution in [0.4, 0.5) is 20.2 Å². The zero-order chi connectivity index (χ0) is 21.3. The number of nitrogens with one attached hydrogen (secondary N) is 1. The first-order valence-corrected chi connectivity index (χ1v) is 10.00. The Morgan fingerprint density at radius 3 is 2.53 bits per heavy atom. The minimum atomic E-state index is -0.532. The van der Waals surface area contributed by atoms with E-state index in [4.69, 9.17) is 0 Å². The molecule has 0 spiro atoms. The van der Waals surface area contributed by atoms with Crippen LogP contribution in [-0.4, -0.2) is 48.5 Å². The van der Waals surface area contributed by atoms with Gasteiger partial charge in [-0.05, 0) is 49.2 Å². The van der Waals surface area contributed by atoms with Gasteiger partial charge in [0.15, 0.2) is 0 Å². The number of hydrogen-bond donors (Lipinski definition) is 1. The molecular formula is C23H24F2N4O. The molecule has 1 aliphatic heterocycles. The number of nitrogens with zero attached hydrogens (tertiary/aromatic N) is 3. The number of pyridine rings is 1. The molecule has 5 nitrogen and oxygen atoms in total. The number of aryl methyl sites for hydroxylation is 1. The second kappa shape index (κ2) is 8.36. The Hall–Kier alpha value is -3.06. The summed E-state index contributed by atoms with van der Waals surface area (Å²) < 4.78 is 28.5. The molecule has 0 unspecified atom stereocenters. The van der Waals surface area contributed by atoms with Crippen molar-refractivity contribution in [2.24, 2.45) is 0 Å². The van der Waals surface area contributed by atoms with Crippen LogP contribution in [0.5, 0.6) is 0 Å². The van der Waals surface area contributed by atoms with E-state index >= 15 is 0 Å². The van der Waals surface area contributed by atoms with Crippen molar-refractivity contribution in [3.05, 3.63) is 65.4 Å². The number of amides is 1. The molecule has 0 aliphatic carbocycles. The van der Waals surface area contributed by atoms with Gasteiger partial charge in [-0.25, -0.2) is 8.78 Å². The lowest BCUT2D eigenvalue weighted by atomic mass is 10.1. The van der Waals surface area contributed by atoms with Crippen LogP contribution in [0.2, 0.25) is 0 Å². The van der Waals surface area contributed by atoms with Gasteiger partial charge in [-0.2, -0.15) is 0 Å². The number of benzene rings is 2. The standard InChI is InChI=1S/C23H24F2N4O/c1-15-4-3-5-19(16(15)2)27-21(30)14-28-10-12-29(13-11-28)20-8-9-26-23-18(25)7-6-17(24)22(20)23/h3-9H,10-14H2,1-2H3,(H,27,30). The van der Waals surface area contributed by atoms with Crippen molar-refractivity contribution in [1.29, 1.82) is 0 Å². The molecule has 0 radical (unpaired) electrons. The van der Waals surface area contributed by atoms with Crippen LogP contribution in [0.1, 0.15) is 11.1 Å². The second-order valence-corrected chi connectivity index (χ2v) is 7.64. The summed E-state index contributed by atoms with van der Waals surface area (Å²) in [5, 5.41) is 3.19. The number of aromatic nitrogens is 1. The third-order valence-corrected chi connectivity index (χ3v) is 5.73. The summed E-state index contributed by atoms with van der Waals surface area (Å²) in [5.74, 6) is -1.07. The van der Waals surface area contributed by atoms with Crippen LogP contribution >= 0.6 is 0 Å². The molecule has 1 amide bonds. The van der Waals surface area contributed by atoms with Gasteiger partial charge in [-0.15, -0.1) is 0 Å². The lowest BCUT2D eigenvalue weighted by Gasteiger charge is -2.36. The first-order chi connectivity index (χ1) is 14.4. The second-order valence-electron chi connectivity index (χ2n) is 7.64. The number of halogens is 2. The molecule has 1 aliphatic rings. The summed E-state index contributed by atoms with van der Waals surface area (Å²) in [6.07, 6.45) is 1.50. The molecule has 30 heavy (non-hydrogen) atoms. The lowest BCUT2D eigenvalue weighted by molar-refractivity contribution is -0.117. The molecule has 0 atom stereocenters. The maximum atomic E-state index is 14.4. The van der Waals surface area contributed by atoms with E-state index in [1.807, 2.05) is 36.9 Å². The maximum Gasteiger partial charge on any atom is 0.238 e. The highest BCUT2D eigenvalue weighted by atomic mass is 19.1. The summed E-state index contributed by atoms with van der Waals surface area (Å²) >= 11 is 0. The van der Waals surface area contributed by atoms with Crippen molar-refractivity contribution in [3.63, 3.8) is 0 Å². The van der Waals surface area contributed by atoms with Crippen molar-refractivity contribution in [2.75, 3.05) is 42.9 Å². The van der Waals surface area contributed by atoms with Gasteiger partial charge in [0.25, 0.3) is 0 Å². The Kier molecular flexibility index (Phi) is 5.63. The Morgan fingerprint density at radius 1 is 1.03 bits per heavy atom. The minimum absolute atomic E-state index is 0.0443. The van der Waals surface area contributed by atoms with E-state index in [2.05, 4.69) is 15.2 Å². The van der Waals surface area contributed by atoms with Crippen molar-refractivity contribution in [1.82, 2.24) is 9.88 Å². The minimum Gasteiger partial charge on any atom is -0.368 e. The summed E-state index contributed by atoms with van der Waals surface area (Å²) in [4.78, 5) is 20.6. The molecule has 2 heterocycles. The molecule has 0 bridgehead atoms. The number of anilines is 2. The molecule has 7 heteroatoms. The molecule has 2 aromatic carbocycles. The fourth-order valence-corrected chi connectivity index (χ4v) is 3.87. The van der Waals surface area contributed by atoms with E-state index in [9.17, 15) is 13.6 Å². The molecule has 1 N–H and O–H groups in total. The largest absolute Gasteiger partial charge is 0.368 e. The predicted octanol–water partition coefficient (Wildman–Crippen LogP) is 3.89. The Labute approximate surface area is 174 Å². The van der Waals surface area contributed by atoms with Crippen LogP contribution in [0.25, 0.3) is 10.9 Å². The highest BCUT2D eigenvalue weighted by molar-refractivity contribution is 5.93. The summed E-state index contributed by atoms with van der Waals surface area (Å²) in [7, 11) is 0. The zero-order valence-corrected chi connectivity index (χ0v) is 17.1. The SMILES string of the molecule is Cc1cccc(NC(=O)CN2CCN(c3ccnc4c(F)ccc(F)c34)CC2)c1C. The van der Waals surface area contributed by atoms with E-state index in [1.54, 1.807) is 6.07 Å². The van der Waals surface area contributed by atoms with Crippen LogP contribution in [0.3, 0.4) is 0 Å². The third-order valence-electron chi connectivity index (χ3n) is 5.73. The van der Waals surface area contributed by atoms with Gasteiger partial charge in [-0.3, -0.25) is 14.7 Å². The number of carbonyl (C=O) groups is 1. The monoisotopic (exact) mass is 410 g/mol. The number of fused-ring (bicyclic) bond motifs is 1. The van der Waals surface area contributed by atoms with Gasteiger partial charge in [0.2, 0.25) is 5.91 Å². The first-order valence-electron chi connectivity index (χ1n) is 10.00. The summed E-state index contributed by atoms with van der Waals surface area (Å²) in [6.45, 7) is 6.84. The van der Waals surface area contributed by atoms with Gasteiger partial charge in [0, 0.05) is 38.1 Å². The molecule has 0 saturated carbocycles. The Morgan fingerprint density at radius 2 is 1.77 bits per heavy atom.